The van der Waals surface area contributed by atoms with Crippen LogP contribution >= 0.6 is 11.6 Å². The van der Waals surface area contributed by atoms with Crippen LogP contribution in [0.1, 0.15) is 5.69 Å². The van der Waals surface area contributed by atoms with Crippen LogP contribution in [0.4, 0.5) is 23.2 Å². The first-order chi connectivity index (χ1) is 12.5. The molecule has 0 saturated carbocycles. The highest BCUT2D eigenvalue weighted by Crippen LogP contribution is 2.43. The van der Waals surface area contributed by atoms with E-state index in [4.69, 9.17) is 22.1 Å². The molecule has 0 aliphatic carbocycles. The predicted octanol–water partition coefficient (Wildman–Crippen LogP) is 2.11. The van der Waals surface area contributed by atoms with Crippen molar-refractivity contribution in [3.05, 3.63) is 28.7 Å². The molecule has 1 aromatic heterocycles. The number of carbonyl (C=O) groups excluding carboxylic acids is 2. The van der Waals surface area contributed by atoms with Gasteiger partial charge in [-0.3, -0.25) is 19.2 Å². The number of hydrogen-bond acceptors (Lipinski definition) is 4. The summed E-state index contributed by atoms with van der Waals surface area (Å²) in [6.07, 6.45) is -4.81. The zero-order valence-electron chi connectivity index (χ0n) is 13.6. The number of hydrogen-bond donors (Lipinski definition) is 1. The first-order valence-corrected chi connectivity index (χ1v) is 7.73. The Morgan fingerprint density at radius 1 is 1.41 bits per heavy atom. The number of anilines is 1. The van der Waals surface area contributed by atoms with Crippen molar-refractivity contribution in [3.8, 4) is 17.0 Å². The van der Waals surface area contributed by atoms with Crippen molar-refractivity contribution >= 4 is 29.1 Å². The third-order valence-corrected chi connectivity index (χ3v) is 4.18. The lowest BCUT2D eigenvalue weighted by Crippen LogP contribution is -2.43. The first-order valence-electron chi connectivity index (χ1n) is 7.35. The smallest absolute Gasteiger partial charge is 0.434 e. The largest absolute Gasteiger partial charge is 0.481 e. The molecule has 2 heterocycles. The SMILES string of the molecule is Cn1nc(-c2cc3c(cc2F)OCC(=O)N3CC(N)=O)c(Cl)c1C(F)(F)F. The molecule has 2 aromatic rings. The van der Waals surface area contributed by atoms with Crippen LogP contribution in [0.2, 0.25) is 5.02 Å². The molecule has 0 atom stereocenters. The topological polar surface area (TPSA) is 90.5 Å². The third-order valence-electron chi connectivity index (χ3n) is 3.82. The lowest BCUT2D eigenvalue weighted by Gasteiger charge is -2.28. The number of nitrogens with zero attached hydrogens (tertiary/aromatic N) is 3. The van der Waals surface area contributed by atoms with E-state index in [2.05, 4.69) is 5.10 Å². The molecule has 1 aromatic carbocycles. The highest BCUT2D eigenvalue weighted by Gasteiger charge is 2.40. The fraction of sp³-hybridized carbons (Fsp3) is 0.267. The summed E-state index contributed by atoms with van der Waals surface area (Å²) in [4.78, 5) is 24.1. The van der Waals surface area contributed by atoms with Crippen LogP contribution < -0.4 is 15.4 Å². The molecule has 0 fully saturated rings. The second-order valence-electron chi connectivity index (χ2n) is 5.67. The Bertz CT molecular complexity index is 958. The molecule has 1 aliphatic rings. The molecule has 144 valence electrons. The molecular weight excluding hydrogens is 396 g/mol. The Balaban J connectivity index is 2.18. The van der Waals surface area contributed by atoms with Gasteiger partial charge in [-0.25, -0.2) is 4.39 Å². The van der Waals surface area contributed by atoms with E-state index in [1.165, 1.54) is 0 Å². The molecule has 1 aliphatic heterocycles. The Labute approximate surface area is 154 Å². The first kappa shape index (κ1) is 19.0. The molecule has 7 nitrogen and oxygen atoms in total. The monoisotopic (exact) mass is 406 g/mol. The van der Waals surface area contributed by atoms with E-state index >= 15 is 0 Å². The zero-order chi connectivity index (χ0) is 20.1. The quantitative estimate of drug-likeness (QED) is 0.790. The summed E-state index contributed by atoms with van der Waals surface area (Å²) in [6.45, 7) is -0.953. The maximum atomic E-state index is 14.5. The fourth-order valence-electron chi connectivity index (χ4n) is 2.71. The predicted molar refractivity (Wildman–Crippen MR) is 85.7 cm³/mol. The Morgan fingerprint density at radius 2 is 2.07 bits per heavy atom. The summed E-state index contributed by atoms with van der Waals surface area (Å²) in [7, 11) is 1.01. The van der Waals surface area contributed by atoms with Gasteiger partial charge < -0.3 is 10.5 Å². The standard InChI is InChI=1S/C15H11ClF4N4O3/c1-23-14(15(18,19)20)12(16)13(22-23)6-2-8-9(3-7(6)17)27-5-11(26)24(8)4-10(21)25/h2-3H,4-5H2,1H3,(H2,21,25). The molecule has 0 saturated heterocycles. The number of halogens is 5. The van der Waals surface area contributed by atoms with E-state index in [-0.39, 0.29) is 11.4 Å². The van der Waals surface area contributed by atoms with Crippen molar-refractivity contribution in [1.29, 1.82) is 0 Å². The number of rotatable bonds is 3. The van der Waals surface area contributed by atoms with Crippen molar-refractivity contribution in [2.24, 2.45) is 12.8 Å². The van der Waals surface area contributed by atoms with E-state index in [9.17, 15) is 27.2 Å². The summed E-state index contributed by atoms with van der Waals surface area (Å²) in [6, 6.07) is 1.92. The average Bonchev–Trinajstić information content (AvgIpc) is 2.84. The Morgan fingerprint density at radius 3 is 2.63 bits per heavy atom. The molecule has 3 rings (SSSR count). The molecule has 0 bridgehead atoms. The minimum atomic E-state index is -4.81. The van der Waals surface area contributed by atoms with Gasteiger partial charge in [0.25, 0.3) is 5.91 Å². The lowest BCUT2D eigenvalue weighted by atomic mass is 10.1. The molecule has 12 heteroatoms. The molecule has 27 heavy (non-hydrogen) atoms. The molecule has 0 spiro atoms. The number of aromatic nitrogens is 2. The summed E-state index contributed by atoms with van der Waals surface area (Å²) in [5.41, 5.74) is 2.96. The maximum absolute atomic E-state index is 14.5. The number of nitrogens with two attached hydrogens (primary N) is 1. The number of alkyl halides is 3. The number of carbonyl (C=O) groups is 2. The van der Waals surface area contributed by atoms with E-state index in [0.717, 1.165) is 24.1 Å². The molecule has 2 N–H and O–H groups in total. The number of benzene rings is 1. The van der Waals surface area contributed by atoms with E-state index in [0.29, 0.717) is 4.68 Å². The molecule has 2 amide bonds. The second kappa shape index (κ2) is 6.41. The van der Waals surface area contributed by atoms with Gasteiger partial charge in [-0.15, -0.1) is 0 Å². The minimum absolute atomic E-state index is 0.0308. The van der Waals surface area contributed by atoms with Gasteiger partial charge in [0.15, 0.2) is 12.3 Å². The van der Waals surface area contributed by atoms with Gasteiger partial charge in [0.2, 0.25) is 5.91 Å². The number of ether oxygens (including phenoxy) is 1. The van der Waals surface area contributed by atoms with Crippen LogP contribution in [0.25, 0.3) is 11.3 Å². The van der Waals surface area contributed by atoms with Crippen molar-refractivity contribution in [3.63, 3.8) is 0 Å². The van der Waals surface area contributed by atoms with Gasteiger partial charge in [0, 0.05) is 18.7 Å². The second-order valence-corrected chi connectivity index (χ2v) is 6.05. The van der Waals surface area contributed by atoms with Crippen LogP contribution in [-0.4, -0.2) is 34.7 Å². The van der Waals surface area contributed by atoms with E-state index in [1.54, 1.807) is 0 Å². The number of primary amides is 1. The van der Waals surface area contributed by atoms with Crippen LogP contribution in [0.3, 0.4) is 0 Å². The van der Waals surface area contributed by atoms with Gasteiger partial charge in [0.1, 0.15) is 23.8 Å². The van der Waals surface area contributed by atoms with Crippen molar-refractivity contribution in [2.75, 3.05) is 18.1 Å². The van der Waals surface area contributed by atoms with Crippen LogP contribution in [0, 0.1) is 5.82 Å². The van der Waals surface area contributed by atoms with Crippen LogP contribution in [-0.2, 0) is 22.8 Å². The third kappa shape index (κ3) is 3.29. The van der Waals surface area contributed by atoms with Crippen molar-refractivity contribution < 1.29 is 31.9 Å². The number of aryl methyl sites for hydroxylation is 1. The number of amides is 2. The minimum Gasteiger partial charge on any atom is -0.481 e. The van der Waals surface area contributed by atoms with E-state index < -0.39 is 58.9 Å². The average molecular weight is 407 g/mol. The van der Waals surface area contributed by atoms with E-state index in [1.807, 2.05) is 0 Å². The zero-order valence-corrected chi connectivity index (χ0v) is 14.4. The molecule has 0 radical (unpaired) electrons. The molecule has 0 unspecified atom stereocenters. The van der Waals surface area contributed by atoms with Crippen LogP contribution in [0.5, 0.6) is 5.75 Å². The van der Waals surface area contributed by atoms with Gasteiger partial charge >= 0.3 is 6.18 Å². The van der Waals surface area contributed by atoms with Gasteiger partial charge in [-0.2, -0.15) is 18.3 Å². The van der Waals surface area contributed by atoms with Gasteiger partial charge in [-0.1, -0.05) is 11.6 Å². The summed E-state index contributed by atoms with van der Waals surface area (Å²) in [5.74, 6) is -2.49. The highest BCUT2D eigenvalue weighted by atomic mass is 35.5. The normalized spacial score (nSPS) is 14.1. The summed E-state index contributed by atoms with van der Waals surface area (Å²) >= 11 is 5.80. The Kier molecular flexibility index (Phi) is 4.50. The van der Waals surface area contributed by atoms with Crippen molar-refractivity contribution in [1.82, 2.24) is 9.78 Å². The number of fused-ring (bicyclic) bond motifs is 1. The van der Waals surface area contributed by atoms with Crippen molar-refractivity contribution in [2.45, 2.75) is 6.18 Å². The lowest BCUT2D eigenvalue weighted by molar-refractivity contribution is -0.143. The van der Waals surface area contributed by atoms with Gasteiger partial charge in [0.05, 0.1) is 10.7 Å². The fourth-order valence-corrected chi connectivity index (χ4v) is 3.08. The Hall–Kier alpha value is -2.82. The van der Waals surface area contributed by atoms with Crippen LogP contribution in [0.15, 0.2) is 12.1 Å². The maximum Gasteiger partial charge on any atom is 0.434 e. The summed E-state index contributed by atoms with van der Waals surface area (Å²) in [5, 5.41) is 2.85. The molecular formula is C15H11ClF4N4O3. The van der Waals surface area contributed by atoms with Gasteiger partial charge in [-0.05, 0) is 6.07 Å². The highest BCUT2D eigenvalue weighted by molar-refractivity contribution is 6.33. The summed E-state index contributed by atoms with van der Waals surface area (Å²) < 4.78 is 59.4.